The van der Waals surface area contributed by atoms with Crippen LogP contribution in [0.5, 0.6) is 0 Å². The van der Waals surface area contributed by atoms with Crippen molar-refractivity contribution in [3.63, 3.8) is 0 Å². The molecule has 228 valence electrons. The molecule has 8 heteroatoms. The first-order chi connectivity index (χ1) is 22.6. The van der Waals surface area contributed by atoms with Gasteiger partial charge < -0.3 is 0 Å². The van der Waals surface area contributed by atoms with Crippen LogP contribution < -0.4 is 0 Å². The molecule has 0 spiro atoms. The van der Waals surface area contributed by atoms with Crippen LogP contribution in [0.1, 0.15) is 71.6 Å². The maximum absolute atomic E-state index is 14.2. The fraction of sp³-hybridized carbons (Fsp3) is 0.263. The molecule has 4 rings (SSSR count). The molecular formula is C38H34N4O3P+. The first-order valence-corrected chi connectivity index (χ1v) is 16.2. The fourth-order valence-corrected chi connectivity index (χ4v) is 7.00. The monoisotopic (exact) mass is 625 g/mol. The number of nitriles is 4. The molecule has 0 saturated heterocycles. The van der Waals surface area contributed by atoms with Crippen molar-refractivity contribution in [1.29, 1.82) is 21.0 Å². The third-order valence-corrected chi connectivity index (χ3v) is 8.99. The van der Waals surface area contributed by atoms with Gasteiger partial charge in [-0.25, -0.2) is 0 Å². The van der Waals surface area contributed by atoms with Gasteiger partial charge in [0.05, 0.1) is 24.3 Å². The topological polar surface area (TPSA) is 131 Å². The Morgan fingerprint density at radius 1 is 0.435 bits per heavy atom. The zero-order valence-electron chi connectivity index (χ0n) is 25.3. The van der Waals surface area contributed by atoms with Crippen LogP contribution in [0.25, 0.3) is 0 Å². The van der Waals surface area contributed by atoms with Crippen LogP contribution in [-0.4, -0.2) is 12.2 Å². The first-order valence-electron chi connectivity index (χ1n) is 15.1. The van der Waals surface area contributed by atoms with Crippen molar-refractivity contribution in [3.8, 4) is 24.3 Å². The molecule has 0 N–H and O–H groups in total. The molecule has 0 amide bonds. The summed E-state index contributed by atoms with van der Waals surface area (Å²) in [6.07, 6.45) is -1.52. The highest BCUT2D eigenvalue weighted by Gasteiger charge is 2.45. The average Bonchev–Trinajstić information content (AvgIpc) is 3.11. The Labute approximate surface area is 271 Å². The molecule has 4 atom stereocenters. The van der Waals surface area contributed by atoms with Crippen molar-refractivity contribution < 1.29 is 13.6 Å². The maximum Gasteiger partial charge on any atom is 0.698 e. The highest BCUT2D eigenvalue weighted by molar-refractivity contribution is 7.33. The molecule has 7 nitrogen and oxygen atoms in total. The highest BCUT2D eigenvalue weighted by atomic mass is 31.1. The summed E-state index contributed by atoms with van der Waals surface area (Å²) >= 11 is 0. The second-order valence-corrected chi connectivity index (χ2v) is 11.8. The third kappa shape index (κ3) is 8.96. The van der Waals surface area contributed by atoms with Crippen LogP contribution in [0.3, 0.4) is 0 Å². The number of nitrogens with zero attached hydrogens (tertiary/aromatic N) is 4. The van der Waals surface area contributed by atoms with E-state index < -0.39 is 44.1 Å². The van der Waals surface area contributed by atoms with Gasteiger partial charge in [0.1, 0.15) is 12.2 Å². The van der Waals surface area contributed by atoms with E-state index in [2.05, 4.69) is 24.3 Å². The largest absolute Gasteiger partial charge is 0.698 e. The van der Waals surface area contributed by atoms with Gasteiger partial charge in [-0.2, -0.15) is 21.0 Å². The molecule has 0 heterocycles. The Balaban J connectivity index is 1.79. The molecule has 4 unspecified atom stereocenters. The lowest BCUT2D eigenvalue weighted by Crippen LogP contribution is -2.30. The Hall–Kier alpha value is -5.14. The van der Waals surface area contributed by atoms with Crippen molar-refractivity contribution in [2.24, 2.45) is 0 Å². The van der Waals surface area contributed by atoms with Gasteiger partial charge in [-0.3, -0.25) is 0 Å². The Kier molecular flexibility index (Phi) is 13.2. The van der Waals surface area contributed by atoms with Gasteiger partial charge in [-0.05, 0) is 22.3 Å². The van der Waals surface area contributed by atoms with E-state index in [-0.39, 0.29) is 25.7 Å². The zero-order chi connectivity index (χ0) is 32.6. The van der Waals surface area contributed by atoms with E-state index >= 15 is 0 Å². The SMILES string of the molecule is N#CCC(c1ccccc1)C(O[P+](=O)OC(C(CC#N)c1ccccc1)C(CC#N)c1ccccc1)C(CC#N)c1ccccc1. The third-order valence-electron chi connectivity index (χ3n) is 8.16. The van der Waals surface area contributed by atoms with Gasteiger partial charge in [0.15, 0.2) is 0 Å². The van der Waals surface area contributed by atoms with Crippen LogP contribution in [0.15, 0.2) is 121 Å². The summed E-state index contributed by atoms with van der Waals surface area (Å²) in [5.74, 6) is -2.12. The first kappa shape index (κ1) is 33.7. The second kappa shape index (κ2) is 18.0. The lowest BCUT2D eigenvalue weighted by Gasteiger charge is -2.30. The molecule has 4 aromatic carbocycles. The molecular weight excluding hydrogens is 591 g/mol. The summed E-state index contributed by atoms with van der Waals surface area (Å²) in [6, 6.07) is 46.5. The molecule has 4 aromatic rings. The highest BCUT2D eigenvalue weighted by Crippen LogP contribution is 2.47. The lowest BCUT2D eigenvalue weighted by molar-refractivity contribution is 0.0788. The number of rotatable bonds is 16. The molecule has 0 aliphatic carbocycles. The van der Waals surface area contributed by atoms with Gasteiger partial charge in [0.25, 0.3) is 0 Å². The molecule has 46 heavy (non-hydrogen) atoms. The lowest BCUT2D eigenvalue weighted by atomic mass is 9.79. The predicted molar refractivity (Wildman–Crippen MR) is 175 cm³/mol. The van der Waals surface area contributed by atoms with Gasteiger partial charge in [0.2, 0.25) is 0 Å². The molecule has 0 aliphatic heterocycles. The van der Waals surface area contributed by atoms with Crippen molar-refractivity contribution >= 4 is 8.25 Å². The fourth-order valence-electron chi connectivity index (χ4n) is 5.97. The van der Waals surface area contributed by atoms with E-state index in [1.54, 1.807) is 0 Å². The van der Waals surface area contributed by atoms with E-state index in [4.69, 9.17) is 9.05 Å². The Morgan fingerprint density at radius 3 is 0.848 bits per heavy atom. The summed E-state index contributed by atoms with van der Waals surface area (Å²) in [6.45, 7) is 0. The summed E-state index contributed by atoms with van der Waals surface area (Å²) in [5.41, 5.74) is 3.25. The van der Waals surface area contributed by atoms with E-state index in [9.17, 15) is 25.6 Å². The van der Waals surface area contributed by atoms with Crippen LogP contribution in [0, 0.1) is 45.3 Å². The minimum absolute atomic E-state index is 0.0538. The van der Waals surface area contributed by atoms with Crippen LogP contribution in [0.2, 0.25) is 0 Å². The van der Waals surface area contributed by atoms with E-state index in [0.717, 1.165) is 22.3 Å². The van der Waals surface area contributed by atoms with Crippen molar-refractivity contribution in [2.45, 2.75) is 61.6 Å². The Bertz CT molecular complexity index is 1450. The molecule has 0 bridgehead atoms. The quantitative estimate of drug-likeness (QED) is 0.113. The van der Waals surface area contributed by atoms with Gasteiger partial charge in [-0.15, -0.1) is 9.05 Å². The number of hydrogen-bond acceptors (Lipinski definition) is 7. The predicted octanol–water partition coefficient (Wildman–Crippen LogP) is 9.20. The van der Waals surface area contributed by atoms with Crippen molar-refractivity contribution in [3.05, 3.63) is 144 Å². The summed E-state index contributed by atoms with van der Waals surface area (Å²) in [4.78, 5) is 0. The molecule has 0 saturated carbocycles. The minimum Gasteiger partial charge on any atom is -0.198 e. The van der Waals surface area contributed by atoms with E-state index in [1.807, 2.05) is 121 Å². The van der Waals surface area contributed by atoms with Gasteiger partial charge in [-0.1, -0.05) is 121 Å². The number of hydrogen-bond donors (Lipinski definition) is 0. The van der Waals surface area contributed by atoms with Crippen molar-refractivity contribution in [2.75, 3.05) is 0 Å². The van der Waals surface area contributed by atoms with E-state index in [0.29, 0.717) is 0 Å². The van der Waals surface area contributed by atoms with Crippen molar-refractivity contribution in [1.82, 2.24) is 0 Å². The van der Waals surface area contributed by atoms with Crippen LogP contribution in [0.4, 0.5) is 0 Å². The summed E-state index contributed by atoms with van der Waals surface area (Å²) in [7, 11) is -2.88. The smallest absolute Gasteiger partial charge is 0.198 e. The normalized spacial score (nSPS) is 14.9. The van der Waals surface area contributed by atoms with Crippen LogP contribution in [-0.2, 0) is 13.6 Å². The van der Waals surface area contributed by atoms with Gasteiger partial charge in [0, 0.05) is 53.9 Å². The molecule has 0 radical (unpaired) electrons. The second-order valence-electron chi connectivity index (χ2n) is 10.9. The van der Waals surface area contributed by atoms with Gasteiger partial charge >= 0.3 is 8.25 Å². The zero-order valence-corrected chi connectivity index (χ0v) is 26.2. The average molecular weight is 626 g/mol. The maximum atomic E-state index is 14.2. The number of benzene rings is 4. The summed E-state index contributed by atoms with van der Waals surface area (Å²) in [5, 5.41) is 39.6. The molecule has 0 fully saturated rings. The Morgan fingerprint density at radius 2 is 0.652 bits per heavy atom. The van der Waals surface area contributed by atoms with Crippen LogP contribution >= 0.6 is 8.25 Å². The summed E-state index contributed by atoms with van der Waals surface area (Å²) < 4.78 is 26.9. The standard InChI is InChI=1S/C38H34N4O3P/c39-25-21-33(29-13-5-1-6-14-29)37(34(22-26-40)30-15-7-2-8-16-30)44-46(43)45-38(35(23-27-41)31-17-9-3-10-18-31)36(24-28-42)32-19-11-4-12-20-32/h1-20,33-38H,21-24H2/q+1. The molecule has 0 aromatic heterocycles. The molecule has 0 aliphatic rings. The van der Waals surface area contributed by atoms with E-state index in [1.165, 1.54) is 0 Å². The minimum atomic E-state index is -2.88.